The highest BCUT2D eigenvalue weighted by molar-refractivity contribution is 5.48. The van der Waals surface area contributed by atoms with Crippen molar-refractivity contribution in [3.63, 3.8) is 0 Å². The third kappa shape index (κ3) is 2.97. The van der Waals surface area contributed by atoms with Crippen molar-refractivity contribution in [1.82, 2.24) is 4.98 Å². The molecule has 1 aliphatic rings. The van der Waals surface area contributed by atoms with E-state index in [-0.39, 0.29) is 0 Å². The molecule has 1 saturated carbocycles. The highest BCUT2D eigenvalue weighted by Crippen LogP contribution is 2.32. The molecule has 0 aromatic carbocycles. The van der Waals surface area contributed by atoms with E-state index in [4.69, 9.17) is 5.73 Å². The van der Waals surface area contributed by atoms with Crippen LogP contribution in [0.25, 0.3) is 0 Å². The molecule has 0 saturated heterocycles. The normalized spacial score (nSPS) is 15.4. The van der Waals surface area contributed by atoms with Crippen LogP contribution in [0.1, 0.15) is 37.8 Å². The summed E-state index contributed by atoms with van der Waals surface area (Å²) >= 11 is 0. The second-order valence-electron chi connectivity index (χ2n) is 5.38. The van der Waals surface area contributed by atoms with Gasteiger partial charge in [-0.15, -0.1) is 0 Å². The Morgan fingerprint density at radius 2 is 2.18 bits per heavy atom. The van der Waals surface area contributed by atoms with E-state index in [9.17, 15) is 0 Å². The van der Waals surface area contributed by atoms with Gasteiger partial charge < -0.3 is 10.6 Å². The molecule has 0 bridgehead atoms. The predicted octanol–water partition coefficient (Wildman–Crippen LogP) is 2.47. The number of aryl methyl sites for hydroxylation is 1. The summed E-state index contributed by atoms with van der Waals surface area (Å²) in [5, 5.41) is 0. The van der Waals surface area contributed by atoms with Crippen LogP contribution in [0.15, 0.2) is 12.3 Å². The van der Waals surface area contributed by atoms with Gasteiger partial charge in [0.15, 0.2) is 0 Å². The number of anilines is 1. The van der Waals surface area contributed by atoms with E-state index in [1.165, 1.54) is 18.4 Å². The molecule has 0 unspecified atom stereocenters. The number of nitrogens with zero attached hydrogens (tertiary/aromatic N) is 2. The van der Waals surface area contributed by atoms with Crippen LogP contribution in [0.3, 0.4) is 0 Å². The molecule has 1 aromatic heterocycles. The van der Waals surface area contributed by atoms with Crippen molar-refractivity contribution >= 4 is 5.82 Å². The van der Waals surface area contributed by atoms with E-state index in [1.54, 1.807) is 0 Å². The number of pyridine rings is 1. The average molecular weight is 233 g/mol. The molecule has 94 valence electrons. The summed E-state index contributed by atoms with van der Waals surface area (Å²) in [7, 11) is 0. The van der Waals surface area contributed by atoms with E-state index in [0.717, 1.165) is 23.8 Å². The molecule has 1 aliphatic carbocycles. The minimum Gasteiger partial charge on any atom is -0.354 e. The van der Waals surface area contributed by atoms with Crippen molar-refractivity contribution < 1.29 is 0 Å². The first kappa shape index (κ1) is 12.4. The van der Waals surface area contributed by atoms with Gasteiger partial charge >= 0.3 is 0 Å². The zero-order valence-electron chi connectivity index (χ0n) is 11.1. The quantitative estimate of drug-likeness (QED) is 0.849. The minimum atomic E-state index is 0.505. The molecule has 3 heteroatoms. The van der Waals surface area contributed by atoms with Crippen LogP contribution in [0, 0.1) is 12.8 Å². The third-order valence-electron chi connectivity index (χ3n) is 3.39. The molecule has 0 aliphatic heterocycles. The molecule has 3 nitrogen and oxygen atoms in total. The van der Waals surface area contributed by atoms with Crippen LogP contribution in [-0.4, -0.2) is 17.6 Å². The summed E-state index contributed by atoms with van der Waals surface area (Å²) in [6, 6.07) is 2.66. The second-order valence-corrected chi connectivity index (χ2v) is 5.38. The summed E-state index contributed by atoms with van der Waals surface area (Å²) in [4.78, 5) is 7.02. The van der Waals surface area contributed by atoms with E-state index in [1.807, 2.05) is 6.20 Å². The van der Waals surface area contributed by atoms with Gasteiger partial charge in [0.2, 0.25) is 0 Å². The molecule has 0 spiro atoms. The predicted molar refractivity (Wildman–Crippen MR) is 72.1 cm³/mol. The Kier molecular flexibility index (Phi) is 3.67. The molecule has 2 N–H and O–H groups in total. The lowest BCUT2D eigenvalue weighted by atomic mass is 10.1. The van der Waals surface area contributed by atoms with Gasteiger partial charge in [0.1, 0.15) is 5.82 Å². The zero-order chi connectivity index (χ0) is 12.4. The maximum absolute atomic E-state index is 5.64. The standard InChI is InChI=1S/C14H23N3/c1-10(2)17(9-12-4-5-12)14-11(3)6-13(7-15)8-16-14/h6,8,10,12H,4-5,7,9,15H2,1-3H3. The Morgan fingerprint density at radius 3 is 2.65 bits per heavy atom. The fourth-order valence-corrected chi connectivity index (χ4v) is 2.16. The maximum atomic E-state index is 5.64. The van der Waals surface area contributed by atoms with Gasteiger partial charge in [0.05, 0.1) is 0 Å². The lowest BCUT2D eigenvalue weighted by molar-refractivity contribution is 0.634. The van der Waals surface area contributed by atoms with Crippen LogP contribution in [0.2, 0.25) is 0 Å². The monoisotopic (exact) mass is 233 g/mol. The SMILES string of the molecule is Cc1cc(CN)cnc1N(CC1CC1)C(C)C. The van der Waals surface area contributed by atoms with E-state index < -0.39 is 0 Å². The van der Waals surface area contributed by atoms with E-state index in [0.29, 0.717) is 12.6 Å². The van der Waals surface area contributed by atoms with Gasteiger partial charge in [0, 0.05) is 25.3 Å². The van der Waals surface area contributed by atoms with Crippen LogP contribution in [-0.2, 0) is 6.54 Å². The molecular weight excluding hydrogens is 210 g/mol. The summed E-state index contributed by atoms with van der Waals surface area (Å²) < 4.78 is 0. The van der Waals surface area contributed by atoms with Gasteiger partial charge in [0.25, 0.3) is 0 Å². The highest BCUT2D eigenvalue weighted by Gasteiger charge is 2.26. The second kappa shape index (κ2) is 5.05. The highest BCUT2D eigenvalue weighted by atomic mass is 15.2. The average Bonchev–Trinajstić information content (AvgIpc) is 3.10. The van der Waals surface area contributed by atoms with Crippen molar-refractivity contribution in [2.75, 3.05) is 11.4 Å². The van der Waals surface area contributed by atoms with Crippen LogP contribution >= 0.6 is 0 Å². The first-order valence-corrected chi connectivity index (χ1v) is 6.54. The van der Waals surface area contributed by atoms with Gasteiger partial charge in [-0.2, -0.15) is 0 Å². The molecule has 1 aromatic rings. The van der Waals surface area contributed by atoms with Gasteiger partial charge in [-0.3, -0.25) is 0 Å². The molecule has 2 rings (SSSR count). The number of rotatable bonds is 5. The summed E-state index contributed by atoms with van der Waals surface area (Å²) in [5.74, 6) is 2.01. The van der Waals surface area contributed by atoms with E-state index >= 15 is 0 Å². The molecule has 1 fully saturated rings. The minimum absolute atomic E-state index is 0.505. The van der Waals surface area contributed by atoms with Crippen LogP contribution in [0.4, 0.5) is 5.82 Å². The number of nitrogens with two attached hydrogens (primary N) is 1. The van der Waals surface area contributed by atoms with Crippen molar-refractivity contribution in [2.24, 2.45) is 11.7 Å². The van der Waals surface area contributed by atoms with Crippen molar-refractivity contribution in [3.05, 3.63) is 23.4 Å². The third-order valence-corrected chi connectivity index (χ3v) is 3.39. The zero-order valence-corrected chi connectivity index (χ0v) is 11.1. The van der Waals surface area contributed by atoms with Gasteiger partial charge in [-0.25, -0.2) is 4.98 Å². The topological polar surface area (TPSA) is 42.1 Å². The Labute approximate surface area is 104 Å². The lowest BCUT2D eigenvalue weighted by Gasteiger charge is -2.29. The summed E-state index contributed by atoms with van der Waals surface area (Å²) in [5.41, 5.74) is 7.99. The number of aromatic nitrogens is 1. The summed E-state index contributed by atoms with van der Waals surface area (Å²) in [6.07, 6.45) is 4.66. The van der Waals surface area contributed by atoms with Crippen molar-refractivity contribution in [3.8, 4) is 0 Å². The molecule has 1 heterocycles. The number of hydrogen-bond donors (Lipinski definition) is 1. The lowest BCUT2D eigenvalue weighted by Crippen LogP contribution is -2.34. The van der Waals surface area contributed by atoms with Crippen molar-refractivity contribution in [1.29, 1.82) is 0 Å². The first-order valence-electron chi connectivity index (χ1n) is 6.54. The Morgan fingerprint density at radius 1 is 1.47 bits per heavy atom. The van der Waals surface area contributed by atoms with Gasteiger partial charge in [-0.05, 0) is 56.7 Å². The van der Waals surface area contributed by atoms with E-state index in [2.05, 4.69) is 36.7 Å². The smallest absolute Gasteiger partial charge is 0.131 e. The Balaban J connectivity index is 2.21. The van der Waals surface area contributed by atoms with Crippen LogP contribution < -0.4 is 10.6 Å². The van der Waals surface area contributed by atoms with Gasteiger partial charge in [-0.1, -0.05) is 0 Å². The molecule has 17 heavy (non-hydrogen) atoms. The maximum Gasteiger partial charge on any atom is 0.131 e. The fraction of sp³-hybridized carbons (Fsp3) is 0.643. The molecular formula is C14H23N3. The first-order chi connectivity index (χ1) is 8.11. The number of hydrogen-bond acceptors (Lipinski definition) is 3. The molecule has 0 amide bonds. The van der Waals surface area contributed by atoms with Crippen LogP contribution in [0.5, 0.6) is 0 Å². The molecule has 0 radical (unpaired) electrons. The Bertz CT molecular complexity index is 383. The fourth-order valence-electron chi connectivity index (χ4n) is 2.16. The summed E-state index contributed by atoms with van der Waals surface area (Å²) in [6.45, 7) is 8.32. The molecule has 0 atom stereocenters. The Hall–Kier alpha value is -1.09. The largest absolute Gasteiger partial charge is 0.354 e. The van der Waals surface area contributed by atoms with Crippen molar-refractivity contribution in [2.45, 2.75) is 46.2 Å².